The van der Waals surface area contributed by atoms with Crippen LogP contribution in [0.2, 0.25) is 0 Å². The van der Waals surface area contributed by atoms with E-state index in [1.165, 1.54) is 11.1 Å². The van der Waals surface area contributed by atoms with E-state index in [-0.39, 0.29) is 11.9 Å². The molecule has 142 valence electrons. The summed E-state index contributed by atoms with van der Waals surface area (Å²) in [5.74, 6) is 0.681. The minimum absolute atomic E-state index is 0.0948. The summed E-state index contributed by atoms with van der Waals surface area (Å²) in [5.41, 5.74) is 3.77. The highest BCUT2D eigenvalue weighted by molar-refractivity contribution is 6.06. The van der Waals surface area contributed by atoms with Gasteiger partial charge in [0.1, 0.15) is 0 Å². The van der Waals surface area contributed by atoms with Crippen LogP contribution in [-0.2, 0) is 13.0 Å². The van der Waals surface area contributed by atoms with Crippen LogP contribution in [0.1, 0.15) is 35.5 Å². The molecule has 5 heteroatoms. The van der Waals surface area contributed by atoms with Crippen molar-refractivity contribution in [2.75, 3.05) is 16.3 Å². The molecule has 2 aromatic carbocycles. The van der Waals surface area contributed by atoms with Crippen LogP contribution < -0.4 is 9.80 Å². The quantitative estimate of drug-likeness (QED) is 0.677. The predicted molar refractivity (Wildman–Crippen MR) is 112 cm³/mol. The van der Waals surface area contributed by atoms with E-state index in [1.54, 1.807) is 6.07 Å². The van der Waals surface area contributed by atoms with Crippen LogP contribution in [0.4, 0.5) is 11.5 Å². The van der Waals surface area contributed by atoms with Crippen LogP contribution in [0.25, 0.3) is 0 Å². The second-order valence-electron chi connectivity index (χ2n) is 7.13. The Morgan fingerprint density at radius 2 is 1.79 bits per heavy atom. The van der Waals surface area contributed by atoms with E-state index in [0.717, 1.165) is 31.0 Å². The number of hydrogen-bond acceptors (Lipinski definition) is 4. The molecule has 28 heavy (non-hydrogen) atoms. The maximum atomic E-state index is 13.1. The lowest BCUT2D eigenvalue weighted by molar-refractivity contribution is 0.0975. The first kappa shape index (κ1) is 18.2. The standard InChI is InChI=1S/C23H24N4O/c1-3-26(16-18-9-5-4-6-10-18)22-14-13-20(24-25-22)23(28)27-17(2)15-19-11-7-8-12-21(19)27/h4-14,17H,3,15-16H2,1-2H3. The number of benzene rings is 2. The van der Waals surface area contributed by atoms with Gasteiger partial charge in [0.15, 0.2) is 11.5 Å². The van der Waals surface area contributed by atoms with Crippen LogP contribution in [0.5, 0.6) is 0 Å². The average Bonchev–Trinajstić information content (AvgIpc) is 3.08. The van der Waals surface area contributed by atoms with Gasteiger partial charge in [0, 0.05) is 24.8 Å². The van der Waals surface area contributed by atoms with Crippen molar-refractivity contribution in [1.29, 1.82) is 0 Å². The normalized spacial score (nSPS) is 15.4. The van der Waals surface area contributed by atoms with Gasteiger partial charge in [-0.3, -0.25) is 4.79 Å². The molecule has 1 aliphatic rings. The molecule has 0 aliphatic carbocycles. The summed E-state index contributed by atoms with van der Waals surface area (Å²) in [6.45, 7) is 5.73. The summed E-state index contributed by atoms with van der Waals surface area (Å²) in [5, 5.41) is 8.61. The van der Waals surface area contributed by atoms with Crippen molar-refractivity contribution in [2.45, 2.75) is 32.9 Å². The molecule has 1 amide bonds. The molecular formula is C23H24N4O. The number of aromatic nitrogens is 2. The van der Waals surface area contributed by atoms with E-state index >= 15 is 0 Å². The summed E-state index contributed by atoms with van der Waals surface area (Å²) in [6.07, 6.45) is 0.869. The molecule has 1 unspecified atom stereocenters. The van der Waals surface area contributed by atoms with Gasteiger partial charge in [0.05, 0.1) is 0 Å². The maximum absolute atomic E-state index is 13.1. The van der Waals surface area contributed by atoms with Gasteiger partial charge in [0.2, 0.25) is 0 Å². The fourth-order valence-electron chi connectivity index (χ4n) is 3.76. The SMILES string of the molecule is CCN(Cc1ccccc1)c1ccc(C(=O)N2c3ccccc3CC2C)nn1. The lowest BCUT2D eigenvalue weighted by atomic mass is 10.1. The second kappa shape index (κ2) is 7.80. The van der Waals surface area contributed by atoms with Crippen molar-refractivity contribution >= 4 is 17.4 Å². The minimum atomic E-state index is -0.0948. The van der Waals surface area contributed by atoms with Gasteiger partial charge >= 0.3 is 0 Å². The number of hydrogen-bond donors (Lipinski definition) is 0. The van der Waals surface area contributed by atoms with Crippen molar-refractivity contribution in [3.8, 4) is 0 Å². The number of anilines is 2. The monoisotopic (exact) mass is 372 g/mol. The Balaban J connectivity index is 1.53. The highest BCUT2D eigenvalue weighted by atomic mass is 16.2. The van der Waals surface area contributed by atoms with Crippen molar-refractivity contribution in [2.24, 2.45) is 0 Å². The summed E-state index contributed by atoms with van der Waals surface area (Å²) >= 11 is 0. The van der Waals surface area contributed by atoms with Crippen LogP contribution in [0.15, 0.2) is 66.7 Å². The van der Waals surface area contributed by atoms with E-state index in [4.69, 9.17) is 0 Å². The van der Waals surface area contributed by atoms with Crippen molar-refractivity contribution < 1.29 is 4.79 Å². The smallest absolute Gasteiger partial charge is 0.279 e. The summed E-state index contributed by atoms with van der Waals surface area (Å²) in [4.78, 5) is 17.0. The number of rotatable bonds is 5. The van der Waals surface area contributed by atoms with E-state index in [9.17, 15) is 4.79 Å². The second-order valence-corrected chi connectivity index (χ2v) is 7.13. The molecule has 1 atom stereocenters. The van der Waals surface area contributed by atoms with Crippen LogP contribution >= 0.6 is 0 Å². The minimum Gasteiger partial charge on any atom is -0.351 e. The van der Waals surface area contributed by atoms with Gasteiger partial charge in [-0.15, -0.1) is 10.2 Å². The number of para-hydroxylation sites is 1. The topological polar surface area (TPSA) is 49.3 Å². The summed E-state index contributed by atoms with van der Waals surface area (Å²) in [7, 11) is 0. The first-order valence-electron chi connectivity index (χ1n) is 9.71. The van der Waals surface area contributed by atoms with Gasteiger partial charge < -0.3 is 9.80 Å². The Morgan fingerprint density at radius 3 is 2.50 bits per heavy atom. The third-order valence-corrected chi connectivity index (χ3v) is 5.22. The first-order valence-corrected chi connectivity index (χ1v) is 9.71. The van der Waals surface area contributed by atoms with Gasteiger partial charge in [-0.2, -0.15) is 0 Å². The molecule has 5 nitrogen and oxygen atoms in total. The number of fused-ring (bicyclic) bond motifs is 1. The van der Waals surface area contributed by atoms with Crippen LogP contribution in [0.3, 0.4) is 0 Å². The average molecular weight is 372 g/mol. The molecule has 0 N–H and O–H groups in total. The predicted octanol–water partition coefficient (Wildman–Crippen LogP) is 4.09. The number of nitrogens with zero attached hydrogens (tertiary/aromatic N) is 4. The van der Waals surface area contributed by atoms with Crippen LogP contribution in [-0.4, -0.2) is 28.7 Å². The Morgan fingerprint density at radius 1 is 1.04 bits per heavy atom. The van der Waals surface area contributed by atoms with Crippen molar-refractivity contribution in [1.82, 2.24) is 10.2 Å². The van der Waals surface area contributed by atoms with E-state index in [1.807, 2.05) is 47.4 Å². The zero-order chi connectivity index (χ0) is 19.5. The number of carbonyl (C=O) groups is 1. The molecule has 3 aromatic rings. The van der Waals surface area contributed by atoms with Crippen molar-refractivity contribution in [3.05, 3.63) is 83.6 Å². The zero-order valence-electron chi connectivity index (χ0n) is 16.2. The first-order chi connectivity index (χ1) is 13.7. The zero-order valence-corrected chi connectivity index (χ0v) is 16.2. The van der Waals surface area contributed by atoms with Gasteiger partial charge in [0.25, 0.3) is 5.91 Å². The fourth-order valence-corrected chi connectivity index (χ4v) is 3.76. The molecule has 4 rings (SSSR count). The molecule has 0 bridgehead atoms. The molecule has 0 saturated carbocycles. The third-order valence-electron chi connectivity index (χ3n) is 5.22. The van der Waals surface area contributed by atoms with Crippen LogP contribution in [0, 0.1) is 0 Å². The molecule has 0 spiro atoms. The van der Waals surface area contributed by atoms with Crippen molar-refractivity contribution in [3.63, 3.8) is 0 Å². The van der Waals surface area contributed by atoms with Gasteiger partial charge in [-0.05, 0) is 49.6 Å². The Kier molecular flexibility index (Phi) is 5.06. The Labute approximate surface area is 165 Å². The fraction of sp³-hybridized carbons (Fsp3) is 0.261. The molecule has 0 saturated heterocycles. The Bertz CT molecular complexity index is 956. The highest BCUT2D eigenvalue weighted by Crippen LogP contribution is 2.32. The maximum Gasteiger partial charge on any atom is 0.279 e. The lowest BCUT2D eigenvalue weighted by Crippen LogP contribution is -2.36. The van der Waals surface area contributed by atoms with E-state index in [2.05, 4.69) is 47.1 Å². The molecule has 2 heterocycles. The van der Waals surface area contributed by atoms with E-state index in [0.29, 0.717) is 5.69 Å². The Hall–Kier alpha value is -3.21. The summed E-state index contributed by atoms with van der Waals surface area (Å²) in [6, 6.07) is 22.1. The highest BCUT2D eigenvalue weighted by Gasteiger charge is 2.32. The molecule has 0 fully saturated rings. The summed E-state index contributed by atoms with van der Waals surface area (Å²) < 4.78 is 0. The number of carbonyl (C=O) groups excluding carboxylic acids is 1. The molecular weight excluding hydrogens is 348 g/mol. The third kappa shape index (κ3) is 3.48. The van der Waals surface area contributed by atoms with Gasteiger partial charge in [-0.25, -0.2) is 0 Å². The number of amides is 1. The largest absolute Gasteiger partial charge is 0.351 e. The molecule has 0 radical (unpaired) electrons. The lowest BCUT2D eigenvalue weighted by Gasteiger charge is -2.23. The molecule has 1 aliphatic heterocycles. The van der Waals surface area contributed by atoms with E-state index < -0.39 is 0 Å². The van der Waals surface area contributed by atoms with Gasteiger partial charge in [-0.1, -0.05) is 48.5 Å². The molecule has 1 aromatic heterocycles.